The van der Waals surface area contributed by atoms with E-state index in [9.17, 15) is 9.59 Å². The van der Waals surface area contributed by atoms with Crippen LogP contribution in [0.1, 0.15) is 26.3 Å². The molecule has 2 aliphatic rings. The number of morpholine rings is 1. The van der Waals surface area contributed by atoms with Crippen LogP contribution in [0.2, 0.25) is 5.02 Å². The lowest BCUT2D eigenvalue weighted by molar-refractivity contribution is 0.0601. The Morgan fingerprint density at radius 2 is 1.67 bits per heavy atom. The van der Waals surface area contributed by atoms with Crippen LogP contribution in [0.3, 0.4) is 0 Å². The number of esters is 1. The van der Waals surface area contributed by atoms with Crippen molar-refractivity contribution >= 4 is 46.2 Å². The van der Waals surface area contributed by atoms with E-state index >= 15 is 0 Å². The zero-order valence-electron chi connectivity index (χ0n) is 23.1. The third-order valence-electron chi connectivity index (χ3n) is 7.44. The van der Waals surface area contributed by atoms with Crippen LogP contribution in [-0.4, -0.2) is 51.9 Å². The van der Waals surface area contributed by atoms with E-state index in [2.05, 4.69) is 27.7 Å². The summed E-state index contributed by atoms with van der Waals surface area (Å²) in [4.78, 5) is 27.9. The van der Waals surface area contributed by atoms with Crippen LogP contribution in [0.5, 0.6) is 5.75 Å². The van der Waals surface area contributed by atoms with Crippen molar-refractivity contribution in [2.75, 3.05) is 55.6 Å². The van der Waals surface area contributed by atoms with Crippen LogP contribution < -0.4 is 20.3 Å². The molecule has 0 radical (unpaired) electrons. The maximum absolute atomic E-state index is 13.2. The monoisotopic (exact) mass is 583 g/mol. The Hall–Kier alpha value is -4.53. The number of fused-ring (bicyclic) bond motifs is 2. The molecule has 9 heteroatoms. The Kier molecular flexibility index (Phi) is 7.99. The number of ether oxygens (including phenoxy) is 3. The first-order valence-corrected chi connectivity index (χ1v) is 14.2. The number of hydrogen-bond acceptors (Lipinski definition) is 7. The van der Waals surface area contributed by atoms with Gasteiger partial charge in [0.05, 0.1) is 55.1 Å². The summed E-state index contributed by atoms with van der Waals surface area (Å²) in [7, 11) is 1.33. The molecule has 0 spiro atoms. The topological polar surface area (TPSA) is 89.1 Å². The van der Waals surface area contributed by atoms with Gasteiger partial charge in [-0.05, 0) is 77.4 Å². The molecule has 0 aliphatic carbocycles. The summed E-state index contributed by atoms with van der Waals surface area (Å²) in [6.45, 7) is 3.81. The van der Waals surface area contributed by atoms with Gasteiger partial charge in [-0.2, -0.15) is 0 Å². The molecule has 8 nitrogen and oxygen atoms in total. The molecule has 2 N–H and O–H groups in total. The predicted octanol–water partition coefficient (Wildman–Crippen LogP) is 6.56. The molecule has 2 aliphatic heterocycles. The van der Waals surface area contributed by atoms with Crippen LogP contribution in [0.4, 0.5) is 22.7 Å². The van der Waals surface area contributed by atoms with Gasteiger partial charge in [-0.3, -0.25) is 4.79 Å². The number of methoxy groups -OCH3 is 1. The Balaban J connectivity index is 1.15. The highest BCUT2D eigenvalue weighted by Gasteiger charge is 2.22. The number of halogens is 1. The second kappa shape index (κ2) is 12.1. The summed E-state index contributed by atoms with van der Waals surface area (Å²) in [5.41, 5.74) is 6.55. The number of carbonyl (C=O) groups excluding carboxylic acids is 2. The summed E-state index contributed by atoms with van der Waals surface area (Å²) in [6, 6.07) is 24.6. The summed E-state index contributed by atoms with van der Waals surface area (Å²) in [6.07, 6.45) is 0.679. The van der Waals surface area contributed by atoms with E-state index in [1.54, 1.807) is 24.3 Å². The third kappa shape index (κ3) is 5.91. The van der Waals surface area contributed by atoms with E-state index in [-0.39, 0.29) is 5.91 Å². The predicted molar refractivity (Wildman–Crippen MR) is 165 cm³/mol. The number of nitrogens with zero attached hydrogens (tertiary/aromatic N) is 1. The zero-order chi connectivity index (χ0) is 29.1. The molecule has 42 heavy (non-hydrogen) atoms. The maximum atomic E-state index is 13.2. The van der Waals surface area contributed by atoms with Crippen LogP contribution >= 0.6 is 11.6 Å². The van der Waals surface area contributed by atoms with Crippen LogP contribution in [0.15, 0.2) is 78.9 Å². The van der Waals surface area contributed by atoms with Gasteiger partial charge in [-0.15, -0.1) is 0 Å². The van der Waals surface area contributed by atoms with Gasteiger partial charge >= 0.3 is 5.97 Å². The van der Waals surface area contributed by atoms with Gasteiger partial charge in [-0.25, -0.2) is 4.79 Å². The quantitative estimate of drug-likeness (QED) is 0.238. The SMILES string of the molecule is COC(=O)c1cc(Cl)ccc1-c1ccc2c(c1)Nc1ccc(CCOc3ccc(N4CCOCC4)cc3)cc1NC2=O. The lowest BCUT2D eigenvalue weighted by Gasteiger charge is -2.28. The van der Waals surface area contributed by atoms with Crippen LogP contribution in [-0.2, 0) is 15.9 Å². The first kappa shape index (κ1) is 27.6. The van der Waals surface area contributed by atoms with Crippen molar-refractivity contribution in [3.8, 4) is 16.9 Å². The second-order valence-electron chi connectivity index (χ2n) is 10.1. The van der Waals surface area contributed by atoms with Crippen molar-refractivity contribution < 1.29 is 23.8 Å². The Morgan fingerprint density at radius 1 is 0.881 bits per heavy atom. The largest absolute Gasteiger partial charge is 0.493 e. The number of nitrogens with one attached hydrogen (secondary N) is 2. The normalized spacial score (nSPS) is 14.1. The van der Waals surface area contributed by atoms with Crippen LogP contribution in [0.25, 0.3) is 11.1 Å². The fraction of sp³-hybridized carbons (Fsp3) is 0.212. The summed E-state index contributed by atoms with van der Waals surface area (Å²) in [5, 5.41) is 6.85. The molecule has 0 aromatic heterocycles. The van der Waals surface area contributed by atoms with Gasteiger partial charge in [0.15, 0.2) is 0 Å². The fourth-order valence-electron chi connectivity index (χ4n) is 5.22. The molecule has 0 saturated carbocycles. The van der Waals surface area contributed by atoms with Gasteiger partial charge < -0.3 is 29.7 Å². The zero-order valence-corrected chi connectivity index (χ0v) is 23.9. The molecule has 0 bridgehead atoms. The van der Waals surface area contributed by atoms with Crippen molar-refractivity contribution in [1.82, 2.24) is 0 Å². The number of benzene rings is 4. The van der Waals surface area contributed by atoms with E-state index in [0.29, 0.717) is 46.1 Å². The van der Waals surface area contributed by atoms with E-state index in [1.807, 2.05) is 42.5 Å². The lowest BCUT2D eigenvalue weighted by Crippen LogP contribution is -2.36. The highest BCUT2D eigenvalue weighted by Crippen LogP contribution is 2.36. The standard InChI is InChI=1S/C33H30ClN3O5/c1-40-33(39)28-20-23(34)4-10-26(28)22-3-9-27-30(19-22)35-29-11-2-21(18-31(29)36-32(27)38)12-15-42-25-7-5-24(6-8-25)37-13-16-41-17-14-37/h2-11,18-20,35H,12-17H2,1H3,(H,36,38). The minimum atomic E-state index is -0.486. The van der Waals surface area contributed by atoms with Gasteiger partial charge in [0.2, 0.25) is 0 Å². The minimum Gasteiger partial charge on any atom is -0.493 e. The Morgan fingerprint density at radius 3 is 2.45 bits per heavy atom. The van der Waals surface area contributed by atoms with Crippen molar-refractivity contribution in [2.24, 2.45) is 0 Å². The lowest BCUT2D eigenvalue weighted by atomic mass is 9.97. The van der Waals surface area contributed by atoms with Gasteiger partial charge in [0.25, 0.3) is 5.91 Å². The molecule has 0 unspecified atom stereocenters. The summed E-state index contributed by atoms with van der Waals surface area (Å²) < 4.78 is 16.4. The van der Waals surface area contributed by atoms with E-state index < -0.39 is 5.97 Å². The summed E-state index contributed by atoms with van der Waals surface area (Å²) >= 11 is 6.14. The minimum absolute atomic E-state index is 0.221. The molecule has 0 atom stereocenters. The highest BCUT2D eigenvalue weighted by atomic mass is 35.5. The molecule has 4 aromatic carbocycles. The van der Waals surface area contributed by atoms with Crippen LogP contribution in [0, 0.1) is 0 Å². The van der Waals surface area contributed by atoms with Crippen molar-refractivity contribution in [3.05, 3.63) is 101 Å². The Labute approximate surface area is 249 Å². The highest BCUT2D eigenvalue weighted by molar-refractivity contribution is 6.31. The molecule has 1 amide bonds. The molecule has 4 aromatic rings. The second-order valence-corrected chi connectivity index (χ2v) is 10.5. The summed E-state index contributed by atoms with van der Waals surface area (Å²) in [5.74, 6) is 0.111. The van der Waals surface area contributed by atoms with E-state index in [1.165, 1.54) is 12.8 Å². The molecule has 6 rings (SSSR count). The molecular weight excluding hydrogens is 554 g/mol. The smallest absolute Gasteiger partial charge is 0.338 e. The van der Waals surface area contributed by atoms with Crippen molar-refractivity contribution in [3.63, 3.8) is 0 Å². The van der Waals surface area contributed by atoms with Gasteiger partial charge in [0, 0.05) is 30.2 Å². The average molecular weight is 584 g/mol. The van der Waals surface area contributed by atoms with Gasteiger partial charge in [0.1, 0.15) is 5.75 Å². The number of rotatable bonds is 7. The molecule has 1 fully saturated rings. The number of hydrogen-bond donors (Lipinski definition) is 2. The average Bonchev–Trinajstić information content (AvgIpc) is 3.16. The first-order valence-electron chi connectivity index (χ1n) is 13.8. The molecular formula is C33H30ClN3O5. The fourth-order valence-corrected chi connectivity index (χ4v) is 5.39. The first-order chi connectivity index (χ1) is 20.5. The molecule has 1 saturated heterocycles. The van der Waals surface area contributed by atoms with E-state index in [4.69, 9.17) is 25.8 Å². The molecule has 2 heterocycles. The third-order valence-corrected chi connectivity index (χ3v) is 7.67. The molecule has 214 valence electrons. The van der Waals surface area contributed by atoms with Crippen molar-refractivity contribution in [1.29, 1.82) is 0 Å². The van der Waals surface area contributed by atoms with Gasteiger partial charge in [-0.1, -0.05) is 29.8 Å². The maximum Gasteiger partial charge on any atom is 0.338 e. The number of carbonyl (C=O) groups is 2. The van der Waals surface area contributed by atoms with E-state index in [0.717, 1.165) is 48.9 Å². The number of amides is 1. The Bertz CT molecular complexity index is 1630. The van der Waals surface area contributed by atoms with Crippen molar-refractivity contribution in [2.45, 2.75) is 6.42 Å². The number of anilines is 4.